The Morgan fingerprint density at radius 2 is 1.69 bits per heavy atom. The molecular formula is C22H19N3O3S. The Hall–Kier alpha value is -3.11. The number of aryl methyl sites for hydroxylation is 1. The van der Waals surface area contributed by atoms with Gasteiger partial charge in [0.2, 0.25) is 11.8 Å². The van der Waals surface area contributed by atoms with Crippen LogP contribution >= 0.6 is 11.8 Å². The minimum Gasteiger partial charge on any atom is -0.497 e. The fourth-order valence-electron chi connectivity index (χ4n) is 4.03. The number of hydrogen-bond donors (Lipinski definition) is 1. The van der Waals surface area contributed by atoms with Crippen molar-refractivity contribution in [1.82, 2.24) is 0 Å². The van der Waals surface area contributed by atoms with Crippen LogP contribution in [0.2, 0.25) is 0 Å². The lowest BCUT2D eigenvalue weighted by Gasteiger charge is -2.34. The maximum atomic E-state index is 13.4. The third kappa shape index (κ3) is 3.10. The van der Waals surface area contributed by atoms with Crippen LogP contribution in [0.5, 0.6) is 5.75 Å². The van der Waals surface area contributed by atoms with E-state index in [-0.39, 0.29) is 16.9 Å². The third-order valence-corrected chi connectivity index (χ3v) is 6.77. The maximum absolute atomic E-state index is 13.4. The summed E-state index contributed by atoms with van der Waals surface area (Å²) >= 11 is 1.03. The molecule has 2 aliphatic heterocycles. The van der Waals surface area contributed by atoms with Gasteiger partial charge in [0.15, 0.2) is 0 Å². The van der Waals surface area contributed by atoms with Crippen molar-refractivity contribution in [2.75, 3.05) is 12.0 Å². The number of amides is 2. The number of rotatable bonds is 3. The van der Waals surface area contributed by atoms with Crippen LogP contribution in [0, 0.1) is 35.5 Å². The Morgan fingerprint density at radius 3 is 2.28 bits per heavy atom. The number of nitrogens with one attached hydrogen (secondary N) is 1. The molecule has 4 rings (SSSR count). The summed E-state index contributed by atoms with van der Waals surface area (Å²) in [6.07, 6.45) is 0. The summed E-state index contributed by atoms with van der Waals surface area (Å²) in [6, 6.07) is 16.5. The minimum absolute atomic E-state index is 0.126. The number of imide groups is 1. The lowest BCUT2D eigenvalue weighted by molar-refractivity contribution is -0.122. The first-order valence-corrected chi connectivity index (χ1v) is 10.1. The molecule has 2 saturated heterocycles. The number of benzene rings is 2. The number of fused-ring (bicyclic) bond motifs is 1. The van der Waals surface area contributed by atoms with E-state index in [0.717, 1.165) is 22.9 Å². The van der Waals surface area contributed by atoms with E-state index in [9.17, 15) is 14.9 Å². The largest absolute Gasteiger partial charge is 0.497 e. The zero-order valence-electron chi connectivity index (χ0n) is 16.0. The van der Waals surface area contributed by atoms with Gasteiger partial charge in [-0.1, -0.05) is 41.6 Å². The predicted octanol–water partition coefficient (Wildman–Crippen LogP) is 3.51. The normalized spacial score (nSPS) is 26.2. The third-order valence-electron chi connectivity index (χ3n) is 5.51. The van der Waals surface area contributed by atoms with Gasteiger partial charge in [-0.3, -0.25) is 15.0 Å². The van der Waals surface area contributed by atoms with Gasteiger partial charge in [-0.2, -0.15) is 5.26 Å². The molecule has 2 fully saturated rings. The Kier molecular flexibility index (Phi) is 4.89. The van der Waals surface area contributed by atoms with Crippen LogP contribution in [0.4, 0.5) is 5.69 Å². The van der Waals surface area contributed by atoms with E-state index in [1.165, 1.54) is 4.90 Å². The quantitative estimate of drug-likeness (QED) is 0.789. The fraction of sp³-hybridized carbons (Fsp3) is 0.273. The standard InChI is InChI=1S/C22H19N3O3S/c1-12-3-7-14(8-4-12)25-21(26)18-17(13-5-9-15(28-2)10-6-13)16(11-23)20(24)29-19(18)22(25)27/h3-10,16-19,24H,1-2H3/t16-,17+,18-,19-/m0/s1. The van der Waals surface area contributed by atoms with Gasteiger partial charge in [0.1, 0.15) is 16.9 Å². The molecule has 7 heteroatoms. The van der Waals surface area contributed by atoms with E-state index in [4.69, 9.17) is 10.1 Å². The first-order chi connectivity index (χ1) is 14.0. The summed E-state index contributed by atoms with van der Waals surface area (Å²) in [5.41, 5.74) is 2.31. The highest BCUT2D eigenvalue weighted by Crippen LogP contribution is 2.50. The van der Waals surface area contributed by atoms with Crippen molar-refractivity contribution in [3.05, 3.63) is 59.7 Å². The number of methoxy groups -OCH3 is 1. The average molecular weight is 405 g/mol. The first kappa shape index (κ1) is 19.2. The number of anilines is 1. The molecule has 2 aromatic rings. The Labute approximate surface area is 173 Å². The number of nitrogens with zero attached hydrogens (tertiary/aromatic N) is 2. The molecule has 0 unspecified atom stereocenters. The summed E-state index contributed by atoms with van der Waals surface area (Å²) in [4.78, 5) is 27.7. The Balaban J connectivity index is 1.79. The van der Waals surface area contributed by atoms with Crippen LogP contribution in [-0.2, 0) is 9.59 Å². The molecule has 2 aliphatic rings. The van der Waals surface area contributed by atoms with Crippen molar-refractivity contribution in [3.8, 4) is 11.8 Å². The molecule has 29 heavy (non-hydrogen) atoms. The second-order valence-electron chi connectivity index (χ2n) is 7.18. The molecule has 2 amide bonds. The monoisotopic (exact) mass is 405 g/mol. The van der Waals surface area contributed by atoms with E-state index in [1.54, 1.807) is 43.5 Å². The number of carbonyl (C=O) groups is 2. The van der Waals surface area contributed by atoms with Crippen molar-refractivity contribution in [3.63, 3.8) is 0 Å². The van der Waals surface area contributed by atoms with Gasteiger partial charge in [-0.25, -0.2) is 4.90 Å². The van der Waals surface area contributed by atoms with Crippen molar-refractivity contribution in [2.45, 2.75) is 18.1 Å². The number of nitriles is 1. The van der Waals surface area contributed by atoms with Gasteiger partial charge in [0.05, 0.1) is 29.8 Å². The second kappa shape index (κ2) is 7.37. The zero-order chi connectivity index (χ0) is 20.7. The smallest absolute Gasteiger partial charge is 0.248 e. The Morgan fingerprint density at radius 1 is 1.03 bits per heavy atom. The molecule has 6 nitrogen and oxygen atoms in total. The topological polar surface area (TPSA) is 94.2 Å². The molecule has 0 saturated carbocycles. The van der Waals surface area contributed by atoms with Gasteiger partial charge in [0, 0.05) is 5.92 Å². The SMILES string of the molecule is COc1ccc([C@H]2[C@@H]3C(=O)N(c4ccc(C)cc4)C(=O)[C@H]3SC(=N)[C@H]2C#N)cc1. The summed E-state index contributed by atoms with van der Waals surface area (Å²) in [6.45, 7) is 1.94. The summed E-state index contributed by atoms with van der Waals surface area (Å²) in [5, 5.41) is 17.5. The highest BCUT2D eigenvalue weighted by atomic mass is 32.2. The first-order valence-electron chi connectivity index (χ1n) is 9.19. The van der Waals surface area contributed by atoms with E-state index >= 15 is 0 Å². The van der Waals surface area contributed by atoms with Gasteiger partial charge in [-0.15, -0.1) is 0 Å². The number of ether oxygens (including phenoxy) is 1. The van der Waals surface area contributed by atoms with Crippen molar-refractivity contribution >= 4 is 34.3 Å². The van der Waals surface area contributed by atoms with Crippen LogP contribution < -0.4 is 9.64 Å². The van der Waals surface area contributed by atoms with Crippen molar-refractivity contribution in [1.29, 1.82) is 10.7 Å². The number of hydrogen-bond acceptors (Lipinski definition) is 6. The molecule has 0 bridgehead atoms. The molecule has 0 aliphatic carbocycles. The van der Waals surface area contributed by atoms with E-state index in [1.807, 2.05) is 19.1 Å². The molecule has 0 radical (unpaired) electrons. The van der Waals surface area contributed by atoms with Crippen LogP contribution in [0.1, 0.15) is 17.0 Å². The molecule has 0 aromatic heterocycles. The van der Waals surface area contributed by atoms with E-state index in [0.29, 0.717) is 11.4 Å². The van der Waals surface area contributed by atoms with Crippen molar-refractivity contribution < 1.29 is 14.3 Å². The van der Waals surface area contributed by atoms with Crippen LogP contribution in [0.3, 0.4) is 0 Å². The summed E-state index contributed by atoms with van der Waals surface area (Å²) in [7, 11) is 1.56. The van der Waals surface area contributed by atoms with Crippen LogP contribution in [-0.4, -0.2) is 29.2 Å². The lowest BCUT2D eigenvalue weighted by Crippen LogP contribution is -2.39. The van der Waals surface area contributed by atoms with E-state index in [2.05, 4.69) is 6.07 Å². The highest BCUT2D eigenvalue weighted by molar-refractivity contribution is 8.15. The molecule has 146 valence electrons. The molecular weight excluding hydrogens is 386 g/mol. The van der Waals surface area contributed by atoms with Gasteiger partial charge in [0.25, 0.3) is 0 Å². The maximum Gasteiger partial charge on any atom is 0.248 e. The molecule has 0 spiro atoms. The zero-order valence-corrected chi connectivity index (χ0v) is 16.8. The van der Waals surface area contributed by atoms with Crippen LogP contribution in [0.15, 0.2) is 48.5 Å². The van der Waals surface area contributed by atoms with E-state index < -0.39 is 23.0 Å². The minimum atomic E-state index is -0.774. The Bertz CT molecular complexity index is 1030. The summed E-state index contributed by atoms with van der Waals surface area (Å²) in [5.74, 6) is -2.01. The average Bonchev–Trinajstić information content (AvgIpc) is 2.97. The van der Waals surface area contributed by atoms with Gasteiger partial charge >= 0.3 is 0 Å². The molecule has 1 N–H and O–H groups in total. The number of carbonyl (C=O) groups excluding carboxylic acids is 2. The van der Waals surface area contributed by atoms with Gasteiger partial charge in [-0.05, 0) is 36.8 Å². The fourth-order valence-corrected chi connectivity index (χ4v) is 5.29. The molecule has 2 heterocycles. The highest BCUT2D eigenvalue weighted by Gasteiger charge is 2.58. The second-order valence-corrected chi connectivity index (χ2v) is 8.37. The lowest BCUT2D eigenvalue weighted by atomic mass is 9.76. The number of thioether (sulfide) groups is 1. The van der Waals surface area contributed by atoms with Crippen molar-refractivity contribution in [2.24, 2.45) is 11.8 Å². The summed E-state index contributed by atoms with van der Waals surface area (Å²) < 4.78 is 5.20. The van der Waals surface area contributed by atoms with Gasteiger partial charge < -0.3 is 4.74 Å². The molecule has 2 aromatic carbocycles. The van der Waals surface area contributed by atoms with Crippen LogP contribution in [0.25, 0.3) is 0 Å². The molecule has 4 atom stereocenters. The predicted molar refractivity (Wildman–Crippen MR) is 111 cm³/mol.